The van der Waals surface area contributed by atoms with Crippen LogP contribution in [0.2, 0.25) is 0 Å². The minimum Gasteiger partial charge on any atom is -0.405 e. The van der Waals surface area contributed by atoms with Crippen molar-refractivity contribution in [3.8, 4) is 16.9 Å². The molecule has 0 aliphatic carbocycles. The number of anilines is 3. The highest BCUT2D eigenvalue weighted by atomic mass is 19.4. The molecule has 2 unspecified atom stereocenters. The van der Waals surface area contributed by atoms with Crippen LogP contribution in [0.1, 0.15) is 141 Å². The summed E-state index contributed by atoms with van der Waals surface area (Å²) >= 11 is 0. The van der Waals surface area contributed by atoms with Crippen molar-refractivity contribution in [1.82, 2.24) is 4.90 Å². The van der Waals surface area contributed by atoms with Gasteiger partial charge in [0.05, 0.1) is 61.6 Å². The first-order valence-electron chi connectivity index (χ1n) is 27.2. The Hall–Kier alpha value is -10.5. The SMILES string of the molecule is Cc1ccc(Cc2ccc(N3C(=O)c4ccc(C(C)(c5ccc6c(c5)C(=O)N(c5ccc(C)c(-c7cc(N8C(=O)c9ccc(C(C)(c%10ccc%11c(c%10)C(=O)N(C)C%11=O)C(F)(F)F)cc9C8=O)ccc7OC(F)(F)F)c5)C6=O)C(F)(F)F)cc4C3=O)cc2)cc1. The van der Waals surface area contributed by atoms with Gasteiger partial charge in [0.25, 0.3) is 47.3 Å². The standard InChI is InChI=1S/C67H43F9N4O9/c1-33-6-9-35(10-7-33)26-36-11-18-41(19-12-36)78-57(83)45-22-14-38(28-51(45)60(78)86)64(4,66(71,72)73)40-16-23-46-52(30-40)61(87)79(58(46)84)42-17-8-34(2)48(31-42)49-32-43(20-25-54(49)89-67(74,75)76)80-59(85)47-24-15-39(29-53(47)62(80)88)63(3,65(68,69)70)37-13-21-44-50(27-37)56(82)77(5)55(44)81/h6-25,27-32H,26H2,1-5H3. The molecule has 0 fully saturated rings. The minimum absolute atomic E-state index is 0.131. The van der Waals surface area contributed by atoms with Crippen molar-refractivity contribution in [3.63, 3.8) is 0 Å². The van der Waals surface area contributed by atoms with Gasteiger partial charge in [-0.2, -0.15) is 26.3 Å². The van der Waals surface area contributed by atoms with Crippen molar-refractivity contribution in [2.75, 3.05) is 21.7 Å². The Kier molecular flexibility index (Phi) is 13.4. The third-order valence-electron chi connectivity index (χ3n) is 17.1. The van der Waals surface area contributed by atoms with E-state index in [2.05, 4.69) is 4.74 Å². The minimum atomic E-state index is -5.37. The van der Waals surface area contributed by atoms with Gasteiger partial charge in [-0.15, -0.1) is 13.2 Å². The van der Waals surface area contributed by atoms with E-state index in [4.69, 9.17) is 0 Å². The van der Waals surface area contributed by atoms with E-state index in [1.54, 1.807) is 24.3 Å². The Balaban J connectivity index is 0.847. The molecule has 0 bridgehead atoms. The monoisotopic (exact) mass is 1220 g/mol. The van der Waals surface area contributed by atoms with E-state index in [1.807, 2.05) is 31.2 Å². The summed E-state index contributed by atoms with van der Waals surface area (Å²) < 4.78 is 140. The summed E-state index contributed by atoms with van der Waals surface area (Å²) in [5.74, 6) is -8.65. The molecule has 2 atom stereocenters. The molecule has 8 aromatic rings. The predicted molar refractivity (Wildman–Crippen MR) is 304 cm³/mol. The Morgan fingerprint density at radius 1 is 0.348 bits per heavy atom. The Bertz CT molecular complexity index is 4500. The normalized spacial score (nSPS) is 16.3. The lowest BCUT2D eigenvalue weighted by atomic mass is 9.74. The van der Waals surface area contributed by atoms with Crippen LogP contribution in [-0.2, 0) is 17.3 Å². The number of carbonyl (C=O) groups is 8. The summed E-state index contributed by atoms with van der Waals surface area (Å²) in [6.07, 6.45) is -15.1. The number of benzene rings is 8. The fourth-order valence-electron chi connectivity index (χ4n) is 11.8. The zero-order valence-electron chi connectivity index (χ0n) is 47.1. The number of hydrogen-bond acceptors (Lipinski definition) is 9. The molecule has 0 radical (unpaired) electrons. The zero-order chi connectivity index (χ0) is 63.9. The first-order chi connectivity index (χ1) is 41.8. The van der Waals surface area contributed by atoms with Gasteiger partial charge >= 0.3 is 18.7 Å². The molecule has 89 heavy (non-hydrogen) atoms. The number of ether oxygens (including phenoxy) is 1. The number of aryl methyl sites for hydroxylation is 2. The van der Waals surface area contributed by atoms with Crippen LogP contribution in [0.15, 0.2) is 158 Å². The molecule has 13 nitrogen and oxygen atoms in total. The van der Waals surface area contributed by atoms with Crippen LogP contribution in [0.3, 0.4) is 0 Å². The van der Waals surface area contributed by atoms with E-state index in [1.165, 1.54) is 19.1 Å². The van der Waals surface area contributed by atoms with Gasteiger partial charge < -0.3 is 4.74 Å². The highest BCUT2D eigenvalue weighted by Crippen LogP contribution is 2.51. The maximum atomic E-state index is 15.8. The second-order valence-electron chi connectivity index (χ2n) is 22.3. The van der Waals surface area contributed by atoms with E-state index in [0.717, 1.165) is 144 Å². The molecule has 0 saturated carbocycles. The Labute approximate surface area is 499 Å². The van der Waals surface area contributed by atoms with E-state index in [9.17, 15) is 51.5 Å². The average molecular weight is 1220 g/mol. The van der Waals surface area contributed by atoms with Gasteiger partial charge in [-0.3, -0.25) is 43.3 Å². The van der Waals surface area contributed by atoms with Gasteiger partial charge in [-0.25, -0.2) is 14.7 Å². The number of imide groups is 4. The molecule has 0 saturated heterocycles. The fraction of sp³-hybridized carbons (Fsp3) is 0.164. The van der Waals surface area contributed by atoms with E-state index in [-0.39, 0.29) is 50.3 Å². The van der Waals surface area contributed by atoms with Crippen LogP contribution in [0, 0.1) is 13.8 Å². The number of hydrogen-bond donors (Lipinski definition) is 0. The summed E-state index contributed by atoms with van der Waals surface area (Å²) in [5.41, 5.74) is -8.85. The second kappa shape index (κ2) is 20.3. The van der Waals surface area contributed by atoms with Crippen molar-refractivity contribution in [2.45, 2.75) is 63.7 Å². The molecule has 448 valence electrons. The first-order valence-corrected chi connectivity index (χ1v) is 27.2. The van der Waals surface area contributed by atoms with Crippen LogP contribution < -0.4 is 19.4 Å². The number of rotatable bonds is 11. The summed E-state index contributed by atoms with van der Waals surface area (Å²) in [7, 11) is 1.16. The Morgan fingerprint density at radius 3 is 1.08 bits per heavy atom. The Morgan fingerprint density at radius 2 is 0.674 bits per heavy atom. The van der Waals surface area contributed by atoms with Crippen LogP contribution >= 0.6 is 0 Å². The lowest BCUT2D eigenvalue weighted by Gasteiger charge is -2.33. The molecule has 4 aliphatic heterocycles. The van der Waals surface area contributed by atoms with Gasteiger partial charge in [0, 0.05) is 12.6 Å². The predicted octanol–water partition coefficient (Wildman–Crippen LogP) is 13.8. The van der Waals surface area contributed by atoms with E-state index < -0.39 is 133 Å². The summed E-state index contributed by atoms with van der Waals surface area (Å²) in [5, 5.41) is 0. The number of nitrogens with zero attached hydrogens (tertiary/aromatic N) is 4. The summed E-state index contributed by atoms with van der Waals surface area (Å²) in [4.78, 5) is 113. The van der Waals surface area contributed by atoms with E-state index in [0.29, 0.717) is 16.2 Å². The van der Waals surface area contributed by atoms with Gasteiger partial charge in [-0.1, -0.05) is 72.3 Å². The number of halogens is 9. The number of alkyl halides is 9. The first kappa shape index (κ1) is 58.9. The lowest BCUT2D eigenvalue weighted by Crippen LogP contribution is -2.41. The summed E-state index contributed by atoms with van der Waals surface area (Å²) in [6.45, 7) is 4.95. The molecular formula is C67H43F9N4O9. The average Bonchev–Trinajstić information content (AvgIpc) is 1.72. The number of amides is 8. The van der Waals surface area contributed by atoms with Crippen molar-refractivity contribution < 1.29 is 82.6 Å². The molecule has 0 spiro atoms. The number of fused-ring (bicyclic) bond motifs is 4. The molecule has 4 aliphatic rings. The third-order valence-corrected chi connectivity index (χ3v) is 17.1. The van der Waals surface area contributed by atoms with Gasteiger partial charge in [0.15, 0.2) is 0 Å². The lowest BCUT2D eigenvalue weighted by molar-refractivity contribution is -0.274. The van der Waals surface area contributed by atoms with Crippen molar-refractivity contribution in [3.05, 3.63) is 247 Å². The van der Waals surface area contributed by atoms with Gasteiger partial charge in [0.1, 0.15) is 16.6 Å². The maximum absolute atomic E-state index is 15.8. The topological polar surface area (TPSA) is 159 Å². The van der Waals surface area contributed by atoms with Crippen LogP contribution in [0.5, 0.6) is 5.75 Å². The second-order valence-corrected chi connectivity index (χ2v) is 22.3. The molecule has 8 aromatic carbocycles. The van der Waals surface area contributed by atoms with E-state index >= 15 is 26.3 Å². The molecule has 8 amide bonds. The molecule has 0 aromatic heterocycles. The van der Waals surface area contributed by atoms with Crippen molar-refractivity contribution >= 4 is 64.3 Å². The molecule has 4 heterocycles. The van der Waals surface area contributed by atoms with Crippen LogP contribution in [-0.4, -0.2) is 77.9 Å². The highest BCUT2D eigenvalue weighted by molar-refractivity contribution is 6.36. The molecule has 12 rings (SSSR count). The van der Waals surface area contributed by atoms with Crippen molar-refractivity contribution in [1.29, 1.82) is 0 Å². The number of carbonyl (C=O) groups excluding carboxylic acids is 8. The molecule has 0 N–H and O–H groups in total. The highest BCUT2D eigenvalue weighted by Gasteiger charge is 2.57. The van der Waals surface area contributed by atoms with Gasteiger partial charge in [-0.05, 0) is 170 Å². The maximum Gasteiger partial charge on any atom is 0.573 e. The van der Waals surface area contributed by atoms with Gasteiger partial charge in [0.2, 0.25) is 0 Å². The van der Waals surface area contributed by atoms with Crippen LogP contribution in [0.4, 0.5) is 56.6 Å². The smallest absolute Gasteiger partial charge is 0.405 e. The fourth-order valence-corrected chi connectivity index (χ4v) is 11.8. The largest absolute Gasteiger partial charge is 0.573 e. The quantitative estimate of drug-likeness (QED) is 0.0907. The molecule has 22 heteroatoms. The summed E-state index contributed by atoms with van der Waals surface area (Å²) in [6, 6.07) is 32.4. The third kappa shape index (κ3) is 9.25. The van der Waals surface area contributed by atoms with Crippen molar-refractivity contribution in [2.24, 2.45) is 0 Å². The zero-order valence-corrected chi connectivity index (χ0v) is 47.1. The van der Waals surface area contributed by atoms with Crippen LogP contribution in [0.25, 0.3) is 11.1 Å². The molecular weight excluding hydrogens is 1180 g/mol.